The molecule has 8 heteroatoms. The maximum atomic E-state index is 12.1. The van der Waals surface area contributed by atoms with E-state index in [-0.39, 0.29) is 28.7 Å². The topological polar surface area (TPSA) is 102 Å². The van der Waals surface area contributed by atoms with Crippen molar-refractivity contribution in [3.8, 4) is 0 Å². The van der Waals surface area contributed by atoms with Crippen LogP contribution in [0.3, 0.4) is 0 Å². The molecular weight excluding hydrogens is 262 g/mol. The Morgan fingerprint density at radius 1 is 1.40 bits per heavy atom. The van der Waals surface area contributed by atoms with Crippen molar-refractivity contribution >= 4 is 23.0 Å². The van der Waals surface area contributed by atoms with Crippen LogP contribution in [0.25, 0.3) is 11.2 Å². The van der Waals surface area contributed by atoms with Gasteiger partial charge in [-0.2, -0.15) is 4.98 Å². The Hall–Kier alpha value is -2.38. The molecule has 0 saturated heterocycles. The number of hydrogen-bond acceptors (Lipinski definition) is 4. The number of imidazole rings is 1. The normalized spacial score (nSPS) is 10.9. The zero-order valence-electron chi connectivity index (χ0n) is 11.7. The zero-order valence-corrected chi connectivity index (χ0v) is 11.7. The summed E-state index contributed by atoms with van der Waals surface area (Å²) in [7, 11) is 1.55. The lowest BCUT2D eigenvalue weighted by Gasteiger charge is -2.02. The third kappa shape index (κ3) is 2.36. The minimum Gasteiger partial charge on any atom is -0.296 e. The van der Waals surface area contributed by atoms with E-state index in [1.807, 2.05) is 6.92 Å². The van der Waals surface area contributed by atoms with Crippen molar-refractivity contribution in [1.29, 1.82) is 0 Å². The number of carbonyl (C=O) groups is 1. The molecule has 2 aromatic heterocycles. The minimum atomic E-state index is -0.437. The smallest absolute Gasteiger partial charge is 0.296 e. The van der Waals surface area contributed by atoms with Crippen LogP contribution in [0.4, 0.5) is 5.95 Å². The summed E-state index contributed by atoms with van der Waals surface area (Å²) in [4.78, 5) is 41.8. The molecule has 8 nitrogen and oxygen atoms in total. The summed E-state index contributed by atoms with van der Waals surface area (Å²) in [6.45, 7) is 3.79. The van der Waals surface area contributed by atoms with Crippen molar-refractivity contribution in [1.82, 2.24) is 19.1 Å². The number of nitrogens with zero attached hydrogens (tertiary/aromatic N) is 3. The van der Waals surface area contributed by atoms with E-state index in [1.54, 1.807) is 7.05 Å². The second kappa shape index (κ2) is 5.32. The number of nitrogens with one attached hydrogen (secondary N) is 2. The van der Waals surface area contributed by atoms with Crippen molar-refractivity contribution in [3.63, 3.8) is 0 Å². The molecule has 0 radical (unpaired) electrons. The fraction of sp³-hybridized carbons (Fsp3) is 0.500. The number of H-pyrrole nitrogens is 1. The third-order valence-corrected chi connectivity index (χ3v) is 3.01. The number of aromatic amines is 1. The SMILES string of the molecule is CCCCn1c(=O)n(C)c2nc(NC(C)=O)[nH]c(=O)c21. The molecule has 0 atom stereocenters. The summed E-state index contributed by atoms with van der Waals surface area (Å²) in [6.07, 6.45) is 1.71. The molecule has 2 N–H and O–H groups in total. The van der Waals surface area contributed by atoms with Gasteiger partial charge in [0.05, 0.1) is 0 Å². The van der Waals surface area contributed by atoms with Gasteiger partial charge in [0.15, 0.2) is 11.2 Å². The largest absolute Gasteiger partial charge is 0.330 e. The van der Waals surface area contributed by atoms with Crippen LogP contribution in [0.2, 0.25) is 0 Å². The Balaban J connectivity index is 2.67. The third-order valence-electron chi connectivity index (χ3n) is 3.01. The first kappa shape index (κ1) is 14.0. The highest BCUT2D eigenvalue weighted by atomic mass is 16.2. The van der Waals surface area contributed by atoms with Crippen molar-refractivity contribution in [3.05, 3.63) is 20.8 Å². The Morgan fingerprint density at radius 2 is 2.10 bits per heavy atom. The van der Waals surface area contributed by atoms with Gasteiger partial charge in [0.1, 0.15) is 0 Å². The quantitative estimate of drug-likeness (QED) is 0.833. The molecule has 0 bridgehead atoms. The van der Waals surface area contributed by atoms with Crippen LogP contribution < -0.4 is 16.6 Å². The second-order valence-corrected chi connectivity index (χ2v) is 4.61. The van der Waals surface area contributed by atoms with Gasteiger partial charge in [0.2, 0.25) is 11.9 Å². The molecular formula is C12H17N5O3. The number of aryl methyl sites for hydroxylation is 2. The molecule has 108 valence electrons. The molecule has 1 amide bonds. The lowest BCUT2D eigenvalue weighted by Crippen LogP contribution is -2.23. The lowest BCUT2D eigenvalue weighted by molar-refractivity contribution is -0.114. The number of fused-ring (bicyclic) bond motifs is 1. The molecule has 0 spiro atoms. The Labute approximate surface area is 114 Å². The Bertz CT molecular complexity index is 768. The van der Waals surface area contributed by atoms with Crippen LogP contribution >= 0.6 is 0 Å². The fourth-order valence-corrected chi connectivity index (χ4v) is 2.05. The number of hydrogen-bond donors (Lipinski definition) is 2. The Morgan fingerprint density at radius 3 is 2.70 bits per heavy atom. The number of carbonyl (C=O) groups excluding carboxylic acids is 1. The van der Waals surface area contributed by atoms with Crippen molar-refractivity contribution < 1.29 is 4.79 Å². The van der Waals surface area contributed by atoms with Gasteiger partial charge in [-0.1, -0.05) is 13.3 Å². The molecule has 0 aliphatic rings. The van der Waals surface area contributed by atoms with E-state index in [9.17, 15) is 14.4 Å². The predicted molar refractivity (Wildman–Crippen MR) is 74.8 cm³/mol. The molecule has 0 aromatic carbocycles. The monoisotopic (exact) mass is 279 g/mol. The predicted octanol–water partition coefficient (Wildman–Crippen LogP) is 0.182. The summed E-state index contributed by atoms with van der Waals surface area (Å²) in [5.41, 5.74) is -0.224. The molecule has 2 rings (SSSR count). The molecule has 2 aromatic rings. The van der Waals surface area contributed by atoms with Crippen LogP contribution in [0.15, 0.2) is 9.59 Å². The van der Waals surface area contributed by atoms with E-state index in [2.05, 4.69) is 15.3 Å². The van der Waals surface area contributed by atoms with Gasteiger partial charge in [0, 0.05) is 20.5 Å². The van der Waals surface area contributed by atoms with Crippen molar-refractivity contribution in [2.24, 2.45) is 7.05 Å². The first-order valence-electron chi connectivity index (χ1n) is 6.42. The van der Waals surface area contributed by atoms with E-state index in [4.69, 9.17) is 0 Å². The molecule has 0 aliphatic heterocycles. The van der Waals surface area contributed by atoms with Crippen molar-refractivity contribution in [2.45, 2.75) is 33.2 Å². The fourth-order valence-electron chi connectivity index (χ4n) is 2.05. The molecule has 0 saturated carbocycles. The zero-order chi connectivity index (χ0) is 14.9. The van der Waals surface area contributed by atoms with Crippen LogP contribution in [-0.2, 0) is 18.4 Å². The van der Waals surface area contributed by atoms with Gasteiger partial charge < -0.3 is 0 Å². The van der Waals surface area contributed by atoms with E-state index in [1.165, 1.54) is 16.1 Å². The van der Waals surface area contributed by atoms with E-state index in [0.29, 0.717) is 6.54 Å². The first-order chi connectivity index (χ1) is 9.45. The summed E-state index contributed by atoms with van der Waals surface area (Å²) in [5.74, 6) is -0.304. The van der Waals surface area contributed by atoms with Crippen LogP contribution in [-0.4, -0.2) is 25.0 Å². The summed E-state index contributed by atoms with van der Waals surface area (Å²) >= 11 is 0. The average molecular weight is 279 g/mol. The maximum absolute atomic E-state index is 12.1. The van der Waals surface area contributed by atoms with E-state index < -0.39 is 5.56 Å². The minimum absolute atomic E-state index is 0.0400. The number of unbranched alkanes of at least 4 members (excludes halogenated alkanes) is 1. The summed E-state index contributed by atoms with van der Waals surface area (Å²) in [6, 6.07) is 0. The van der Waals surface area contributed by atoms with Gasteiger partial charge in [0.25, 0.3) is 5.56 Å². The molecule has 0 aliphatic carbocycles. The van der Waals surface area contributed by atoms with Gasteiger partial charge in [-0.25, -0.2) is 4.79 Å². The Kier molecular flexibility index (Phi) is 3.73. The standard InChI is InChI=1S/C12H17N5O3/c1-4-5-6-17-8-9(16(3)12(17)20)14-11(13-7(2)18)15-10(8)19/h4-6H2,1-3H3,(H2,13,14,15,18,19). The second-order valence-electron chi connectivity index (χ2n) is 4.61. The highest BCUT2D eigenvalue weighted by molar-refractivity contribution is 5.87. The van der Waals surface area contributed by atoms with Gasteiger partial charge in [-0.15, -0.1) is 0 Å². The van der Waals surface area contributed by atoms with Crippen LogP contribution in [0, 0.1) is 0 Å². The number of aromatic nitrogens is 4. The maximum Gasteiger partial charge on any atom is 0.330 e. The molecule has 0 fully saturated rings. The van der Waals surface area contributed by atoms with Crippen molar-refractivity contribution in [2.75, 3.05) is 5.32 Å². The summed E-state index contributed by atoms with van der Waals surface area (Å²) < 4.78 is 2.73. The van der Waals surface area contributed by atoms with E-state index >= 15 is 0 Å². The number of rotatable bonds is 4. The highest BCUT2D eigenvalue weighted by Gasteiger charge is 2.16. The van der Waals surface area contributed by atoms with Gasteiger partial charge >= 0.3 is 5.69 Å². The molecule has 20 heavy (non-hydrogen) atoms. The number of anilines is 1. The molecule has 2 heterocycles. The number of amides is 1. The highest BCUT2D eigenvalue weighted by Crippen LogP contribution is 2.08. The average Bonchev–Trinajstić information content (AvgIpc) is 2.60. The van der Waals surface area contributed by atoms with E-state index in [0.717, 1.165) is 12.8 Å². The van der Waals surface area contributed by atoms with Gasteiger partial charge in [-0.05, 0) is 6.42 Å². The lowest BCUT2D eigenvalue weighted by atomic mass is 10.3. The first-order valence-corrected chi connectivity index (χ1v) is 6.42. The molecule has 0 unspecified atom stereocenters. The van der Waals surface area contributed by atoms with Crippen LogP contribution in [0.5, 0.6) is 0 Å². The van der Waals surface area contributed by atoms with Gasteiger partial charge in [-0.3, -0.25) is 29.0 Å². The van der Waals surface area contributed by atoms with Crippen LogP contribution in [0.1, 0.15) is 26.7 Å². The summed E-state index contributed by atoms with van der Waals surface area (Å²) in [5, 5.41) is 2.41.